The molecule has 6 rings (SSSR count). The van der Waals surface area contributed by atoms with Gasteiger partial charge in [0.25, 0.3) is 5.56 Å². The standard InChI is InChI=1S/C22H16F3N5O3S/c23-22(24,25)20-27-7-14(34-20)13-4-12-18(17(29-13)11-2-1-3-26-6-11)28-10-30(19(12)32)15-5-21(15)9-33-8-16(21)31/h1-4,6-7,10,15-16,31H,5,8-9H2/t15?,16-,21+/m1/s1. The van der Waals surface area contributed by atoms with Crippen molar-refractivity contribution in [3.8, 4) is 21.8 Å². The number of aromatic nitrogens is 5. The van der Waals surface area contributed by atoms with E-state index in [1.807, 2.05) is 0 Å². The van der Waals surface area contributed by atoms with E-state index < -0.39 is 22.7 Å². The van der Waals surface area contributed by atoms with Gasteiger partial charge >= 0.3 is 6.18 Å². The van der Waals surface area contributed by atoms with Gasteiger partial charge in [0.2, 0.25) is 0 Å². The van der Waals surface area contributed by atoms with Crippen LogP contribution in [0.2, 0.25) is 0 Å². The molecule has 4 aromatic rings. The lowest BCUT2D eigenvalue weighted by Gasteiger charge is -2.14. The summed E-state index contributed by atoms with van der Waals surface area (Å²) < 4.78 is 46.3. The molecule has 1 saturated carbocycles. The van der Waals surface area contributed by atoms with Gasteiger partial charge in [-0.05, 0) is 24.6 Å². The molecule has 1 saturated heterocycles. The van der Waals surface area contributed by atoms with E-state index in [0.717, 1.165) is 6.20 Å². The molecule has 1 aliphatic carbocycles. The minimum atomic E-state index is -4.58. The second kappa shape index (κ2) is 7.39. The van der Waals surface area contributed by atoms with Crippen molar-refractivity contribution in [3.63, 3.8) is 0 Å². The number of thiazole rings is 1. The number of alkyl halides is 3. The summed E-state index contributed by atoms with van der Waals surface area (Å²) in [6, 6.07) is 4.61. The first-order valence-electron chi connectivity index (χ1n) is 10.4. The number of pyridine rings is 2. The third-order valence-electron chi connectivity index (χ3n) is 6.43. The Morgan fingerprint density at radius 2 is 2.12 bits per heavy atom. The minimum Gasteiger partial charge on any atom is -0.390 e. The molecule has 0 amide bonds. The lowest BCUT2D eigenvalue weighted by Crippen LogP contribution is -2.27. The largest absolute Gasteiger partial charge is 0.443 e. The second-order valence-corrected chi connectivity index (χ2v) is 9.49. The third kappa shape index (κ3) is 3.24. The van der Waals surface area contributed by atoms with Gasteiger partial charge in [-0.2, -0.15) is 13.2 Å². The van der Waals surface area contributed by atoms with E-state index in [0.29, 0.717) is 41.1 Å². The van der Waals surface area contributed by atoms with Crippen LogP contribution in [0.3, 0.4) is 0 Å². The van der Waals surface area contributed by atoms with Gasteiger partial charge in [0.15, 0.2) is 5.01 Å². The summed E-state index contributed by atoms with van der Waals surface area (Å²) in [5.41, 5.74) is 0.534. The van der Waals surface area contributed by atoms with Crippen molar-refractivity contribution in [3.05, 3.63) is 58.5 Å². The summed E-state index contributed by atoms with van der Waals surface area (Å²) >= 11 is 0.457. The molecule has 1 spiro atoms. The first-order valence-corrected chi connectivity index (χ1v) is 11.2. The van der Waals surface area contributed by atoms with Crippen LogP contribution >= 0.6 is 11.3 Å². The van der Waals surface area contributed by atoms with Crippen LogP contribution in [0.25, 0.3) is 32.7 Å². The maximum Gasteiger partial charge on any atom is 0.443 e. The molecular formula is C22H16F3N5O3S. The van der Waals surface area contributed by atoms with E-state index in [-0.39, 0.29) is 34.2 Å². The zero-order chi connectivity index (χ0) is 23.7. The first-order chi connectivity index (χ1) is 16.3. The number of hydrogen-bond acceptors (Lipinski definition) is 8. The lowest BCUT2D eigenvalue weighted by atomic mass is 10.0. The highest BCUT2D eigenvalue weighted by Crippen LogP contribution is 2.60. The molecule has 0 radical (unpaired) electrons. The molecule has 1 N–H and O–H groups in total. The highest BCUT2D eigenvalue weighted by atomic mass is 32.1. The van der Waals surface area contributed by atoms with E-state index in [1.54, 1.807) is 24.5 Å². The normalized spacial score (nSPS) is 24.2. The molecule has 3 atom stereocenters. The van der Waals surface area contributed by atoms with Crippen LogP contribution in [0.1, 0.15) is 17.5 Å². The van der Waals surface area contributed by atoms with E-state index in [9.17, 15) is 23.1 Å². The molecule has 1 aliphatic heterocycles. The van der Waals surface area contributed by atoms with Gasteiger partial charge in [-0.1, -0.05) is 0 Å². The Balaban J connectivity index is 1.54. The number of halogens is 3. The number of fused-ring (bicyclic) bond motifs is 1. The van der Waals surface area contributed by atoms with Crippen LogP contribution in [0.4, 0.5) is 13.2 Å². The van der Waals surface area contributed by atoms with Crippen LogP contribution < -0.4 is 5.56 Å². The first kappa shape index (κ1) is 21.3. The number of rotatable bonds is 3. The fraction of sp³-hybridized carbons (Fsp3) is 0.318. The van der Waals surface area contributed by atoms with E-state index in [1.165, 1.54) is 17.0 Å². The summed E-state index contributed by atoms with van der Waals surface area (Å²) in [5.74, 6) is 0. The molecule has 12 heteroatoms. The molecule has 0 bridgehead atoms. The number of hydrogen-bond donors (Lipinski definition) is 1. The van der Waals surface area contributed by atoms with Crippen LogP contribution in [-0.2, 0) is 10.9 Å². The molecule has 4 aromatic heterocycles. The number of nitrogens with zero attached hydrogens (tertiary/aromatic N) is 5. The molecule has 5 heterocycles. The monoisotopic (exact) mass is 487 g/mol. The third-order valence-corrected chi connectivity index (χ3v) is 7.49. The number of aliphatic hydroxyl groups excluding tert-OH is 1. The predicted octanol–water partition coefficient (Wildman–Crippen LogP) is 3.32. The van der Waals surface area contributed by atoms with Crippen molar-refractivity contribution >= 4 is 22.2 Å². The number of ether oxygens (including phenoxy) is 1. The van der Waals surface area contributed by atoms with Gasteiger partial charge in [0, 0.05) is 35.6 Å². The molecule has 8 nitrogen and oxygen atoms in total. The maximum atomic E-state index is 13.6. The average Bonchev–Trinajstić information content (AvgIpc) is 3.14. The molecular weight excluding hydrogens is 471 g/mol. The Labute approximate surface area is 193 Å². The SMILES string of the molecule is O=c1c2cc(-c3cnc(C(F)(F)F)s3)nc(-c3cccnc3)c2ncn1C1C[C@]12COC[C@H]2O. The Bertz CT molecular complexity index is 1470. The number of aliphatic hydroxyl groups is 1. The van der Waals surface area contributed by atoms with Gasteiger partial charge in [-0.3, -0.25) is 14.3 Å². The summed E-state index contributed by atoms with van der Waals surface area (Å²) in [6.45, 7) is 0.575. The predicted molar refractivity (Wildman–Crippen MR) is 116 cm³/mol. The van der Waals surface area contributed by atoms with Crippen molar-refractivity contribution in [1.29, 1.82) is 0 Å². The highest BCUT2D eigenvalue weighted by molar-refractivity contribution is 7.15. The summed E-state index contributed by atoms with van der Waals surface area (Å²) in [5, 5.41) is 9.55. The van der Waals surface area contributed by atoms with Crippen LogP contribution in [-0.4, -0.2) is 48.9 Å². The zero-order valence-electron chi connectivity index (χ0n) is 17.4. The van der Waals surface area contributed by atoms with Crippen molar-refractivity contribution in [2.24, 2.45) is 5.41 Å². The molecule has 0 aromatic carbocycles. The maximum absolute atomic E-state index is 13.6. The lowest BCUT2D eigenvalue weighted by molar-refractivity contribution is -0.137. The molecule has 2 aliphatic rings. The second-order valence-electron chi connectivity index (χ2n) is 8.46. The van der Waals surface area contributed by atoms with Gasteiger partial charge in [0.05, 0.1) is 47.3 Å². The fourth-order valence-corrected chi connectivity index (χ4v) is 5.28. The smallest absolute Gasteiger partial charge is 0.390 e. The Morgan fingerprint density at radius 3 is 2.79 bits per heavy atom. The van der Waals surface area contributed by atoms with Crippen molar-refractivity contribution in [2.45, 2.75) is 24.7 Å². The van der Waals surface area contributed by atoms with Crippen molar-refractivity contribution in [1.82, 2.24) is 24.5 Å². The average molecular weight is 487 g/mol. The van der Waals surface area contributed by atoms with Gasteiger partial charge in [0.1, 0.15) is 5.52 Å². The molecule has 174 valence electrons. The van der Waals surface area contributed by atoms with Crippen LogP contribution in [0, 0.1) is 5.41 Å². The Kier molecular flexibility index (Phi) is 4.63. The van der Waals surface area contributed by atoms with E-state index in [4.69, 9.17) is 4.74 Å². The molecule has 1 unspecified atom stereocenters. The van der Waals surface area contributed by atoms with Crippen LogP contribution in [0.15, 0.2) is 47.9 Å². The Morgan fingerprint density at radius 1 is 1.26 bits per heavy atom. The minimum absolute atomic E-state index is 0.177. The summed E-state index contributed by atoms with van der Waals surface area (Å²) in [7, 11) is 0. The summed E-state index contributed by atoms with van der Waals surface area (Å²) in [6.07, 6.45) is 1.00. The van der Waals surface area contributed by atoms with Crippen molar-refractivity contribution in [2.75, 3.05) is 13.2 Å². The topological polar surface area (TPSA) is 103 Å². The van der Waals surface area contributed by atoms with Gasteiger partial charge < -0.3 is 9.84 Å². The molecule has 2 fully saturated rings. The van der Waals surface area contributed by atoms with E-state index in [2.05, 4.69) is 19.9 Å². The van der Waals surface area contributed by atoms with Gasteiger partial charge in [-0.15, -0.1) is 11.3 Å². The highest BCUT2D eigenvalue weighted by Gasteiger charge is 2.63. The Hall–Kier alpha value is -3.22. The fourth-order valence-electron chi connectivity index (χ4n) is 4.53. The zero-order valence-corrected chi connectivity index (χ0v) is 18.2. The van der Waals surface area contributed by atoms with Crippen molar-refractivity contribution < 1.29 is 23.0 Å². The van der Waals surface area contributed by atoms with E-state index >= 15 is 0 Å². The van der Waals surface area contributed by atoms with Gasteiger partial charge in [-0.25, -0.2) is 15.0 Å². The quantitative estimate of drug-likeness (QED) is 0.473. The summed E-state index contributed by atoms with van der Waals surface area (Å²) in [4.78, 5) is 30.3. The van der Waals surface area contributed by atoms with Crippen LogP contribution in [0.5, 0.6) is 0 Å². The molecule has 34 heavy (non-hydrogen) atoms.